The van der Waals surface area contributed by atoms with Gasteiger partial charge in [0, 0.05) is 6.20 Å². The van der Waals surface area contributed by atoms with Gasteiger partial charge in [-0.1, -0.05) is 0 Å². The number of aromatic nitrogens is 2. The third kappa shape index (κ3) is 1.91. The normalized spacial score (nSPS) is 8.58. The van der Waals surface area contributed by atoms with Crippen LogP contribution in [0.4, 0.5) is 10.6 Å². The molecule has 0 aliphatic heterocycles. The lowest BCUT2D eigenvalue weighted by Gasteiger charge is -1.96. The summed E-state index contributed by atoms with van der Waals surface area (Å²) in [4.78, 5) is 17.2. The molecule has 1 amide bonds. The lowest BCUT2D eigenvalue weighted by molar-refractivity contribution is 0.209. The zero-order chi connectivity index (χ0) is 8.97. The number of nitrogens with one attached hydrogen (secondary N) is 1. The molecule has 1 aromatic rings. The Kier molecular flexibility index (Phi) is 2.18. The van der Waals surface area contributed by atoms with Crippen LogP contribution in [-0.2, 0) is 0 Å². The van der Waals surface area contributed by atoms with Crippen molar-refractivity contribution in [2.75, 3.05) is 5.32 Å². The number of carboxylic acid groups (broad SMARTS) is 1. The molecule has 0 fully saturated rings. The number of carbonyl (C=O) groups is 1. The van der Waals surface area contributed by atoms with Crippen molar-refractivity contribution in [3.8, 4) is 6.07 Å². The van der Waals surface area contributed by atoms with Crippen molar-refractivity contribution in [3.05, 3.63) is 18.1 Å². The summed E-state index contributed by atoms with van der Waals surface area (Å²) in [6.45, 7) is 0. The SMILES string of the molecule is N#Cc1nccc(NC(=O)O)n1. The Morgan fingerprint density at radius 1 is 1.75 bits per heavy atom. The summed E-state index contributed by atoms with van der Waals surface area (Å²) in [6, 6.07) is 3.04. The van der Waals surface area contributed by atoms with Gasteiger partial charge in [0.2, 0.25) is 5.82 Å². The first-order chi connectivity index (χ1) is 5.72. The maximum Gasteiger partial charge on any atom is 0.410 e. The summed E-state index contributed by atoms with van der Waals surface area (Å²) in [5.74, 6) is 0.0234. The van der Waals surface area contributed by atoms with Gasteiger partial charge < -0.3 is 5.11 Å². The van der Waals surface area contributed by atoms with Gasteiger partial charge in [-0.2, -0.15) is 5.26 Å². The van der Waals surface area contributed by atoms with E-state index in [4.69, 9.17) is 10.4 Å². The van der Waals surface area contributed by atoms with Crippen LogP contribution in [-0.4, -0.2) is 21.2 Å². The molecule has 6 heteroatoms. The van der Waals surface area contributed by atoms with Gasteiger partial charge in [-0.25, -0.2) is 14.8 Å². The predicted octanol–water partition coefficient (Wildman–Crippen LogP) is 0.438. The predicted molar refractivity (Wildman–Crippen MR) is 38.4 cm³/mol. The second kappa shape index (κ2) is 3.30. The van der Waals surface area contributed by atoms with Gasteiger partial charge in [-0.3, -0.25) is 5.32 Å². The van der Waals surface area contributed by atoms with Gasteiger partial charge in [-0.15, -0.1) is 0 Å². The van der Waals surface area contributed by atoms with E-state index >= 15 is 0 Å². The van der Waals surface area contributed by atoms with Gasteiger partial charge in [0.25, 0.3) is 0 Å². The maximum absolute atomic E-state index is 10.1. The molecule has 0 saturated carbocycles. The van der Waals surface area contributed by atoms with E-state index in [2.05, 4.69) is 9.97 Å². The molecule has 0 unspecified atom stereocenters. The number of anilines is 1. The zero-order valence-corrected chi connectivity index (χ0v) is 5.85. The molecule has 0 aromatic carbocycles. The highest BCUT2D eigenvalue weighted by Gasteiger charge is 2.00. The Morgan fingerprint density at radius 2 is 2.50 bits per heavy atom. The van der Waals surface area contributed by atoms with Crippen molar-refractivity contribution in [2.45, 2.75) is 0 Å². The Labute approximate surface area is 67.5 Å². The molecule has 12 heavy (non-hydrogen) atoms. The third-order valence-electron chi connectivity index (χ3n) is 0.991. The first-order valence-corrected chi connectivity index (χ1v) is 2.95. The fourth-order valence-corrected chi connectivity index (χ4v) is 0.592. The Hall–Kier alpha value is -2.16. The number of rotatable bonds is 1. The molecular weight excluding hydrogens is 160 g/mol. The first-order valence-electron chi connectivity index (χ1n) is 2.95. The van der Waals surface area contributed by atoms with Crippen LogP contribution in [0.25, 0.3) is 0 Å². The smallest absolute Gasteiger partial charge is 0.410 e. The molecule has 1 rings (SSSR count). The fraction of sp³-hybridized carbons (Fsp3) is 0. The highest BCUT2D eigenvalue weighted by molar-refractivity contribution is 5.81. The van der Waals surface area contributed by atoms with Crippen LogP contribution in [0.15, 0.2) is 12.3 Å². The topological polar surface area (TPSA) is 98.9 Å². The molecule has 0 atom stereocenters. The van der Waals surface area contributed by atoms with Gasteiger partial charge in [-0.05, 0) is 6.07 Å². The fourth-order valence-electron chi connectivity index (χ4n) is 0.592. The van der Waals surface area contributed by atoms with E-state index in [1.807, 2.05) is 5.32 Å². The van der Waals surface area contributed by atoms with Crippen LogP contribution in [0.2, 0.25) is 0 Å². The molecular formula is C6H4N4O2. The molecule has 60 valence electrons. The first kappa shape index (κ1) is 7.94. The van der Waals surface area contributed by atoms with Crippen molar-refractivity contribution in [3.63, 3.8) is 0 Å². The van der Waals surface area contributed by atoms with Crippen LogP contribution in [0.1, 0.15) is 5.82 Å². The lowest BCUT2D eigenvalue weighted by Crippen LogP contribution is -2.09. The molecule has 0 radical (unpaired) electrons. The van der Waals surface area contributed by atoms with Crippen molar-refractivity contribution in [2.24, 2.45) is 0 Å². The number of amides is 1. The van der Waals surface area contributed by atoms with Crippen LogP contribution >= 0.6 is 0 Å². The zero-order valence-electron chi connectivity index (χ0n) is 5.85. The second-order valence-electron chi connectivity index (χ2n) is 1.81. The quantitative estimate of drug-likeness (QED) is 0.627. The third-order valence-corrected chi connectivity index (χ3v) is 0.991. The van der Waals surface area contributed by atoms with Crippen molar-refractivity contribution in [1.29, 1.82) is 5.26 Å². The van der Waals surface area contributed by atoms with Gasteiger partial charge in [0.05, 0.1) is 0 Å². The number of nitrogens with zero attached hydrogens (tertiary/aromatic N) is 3. The number of hydrogen-bond acceptors (Lipinski definition) is 4. The van der Waals surface area contributed by atoms with E-state index in [-0.39, 0.29) is 11.6 Å². The summed E-state index contributed by atoms with van der Waals surface area (Å²) < 4.78 is 0. The summed E-state index contributed by atoms with van der Waals surface area (Å²) in [5, 5.41) is 18.6. The van der Waals surface area contributed by atoms with E-state index in [9.17, 15) is 4.79 Å². The van der Waals surface area contributed by atoms with E-state index in [1.165, 1.54) is 12.3 Å². The van der Waals surface area contributed by atoms with Crippen LogP contribution in [0, 0.1) is 11.3 Å². The average molecular weight is 164 g/mol. The Morgan fingerprint density at radius 3 is 3.08 bits per heavy atom. The maximum atomic E-state index is 10.1. The molecule has 0 spiro atoms. The van der Waals surface area contributed by atoms with Gasteiger partial charge in [0.15, 0.2) is 0 Å². The number of hydrogen-bond donors (Lipinski definition) is 2. The Balaban J connectivity index is 2.88. The molecule has 2 N–H and O–H groups in total. The molecule has 0 aliphatic carbocycles. The summed E-state index contributed by atoms with van der Waals surface area (Å²) >= 11 is 0. The van der Waals surface area contributed by atoms with Crippen LogP contribution < -0.4 is 5.32 Å². The minimum Gasteiger partial charge on any atom is -0.465 e. The highest BCUT2D eigenvalue weighted by Crippen LogP contribution is 1.99. The minimum absolute atomic E-state index is 0.0683. The standard InChI is InChI=1S/C6H4N4O2/c7-3-5-8-2-1-4(9-5)10-6(11)12/h1-2H,(H,11,12)(H,8,9,10). The molecule has 6 nitrogen and oxygen atoms in total. The van der Waals surface area contributed by atoms with E-state index in [1.54, 1.807) is 6.07 Å². The molecule has 0 saturated heterocycles. The van der Waals surface area contributed by atoms with Crippen molar-refractivity contribution in [1.82, 2.24) is 9.97 Å². The van der Waals surface area contributed by atoms with Crippen LogP contribution in [0.3, 0.4) is 0 Å². The number of nitriles is 1. The Bertz CT molecular complexity index is 344. The van der Waals surface area contributed by atoms with Crippen molar-refractivity contribution < 1.29 is 9.90 Å². The van der Waals surface area contributed by atoms with Gasteiger partial charge >= 0.3 is 6.09 Å². The van der Waals surface area contributed by atoms with Crippen LogP contribution in [0.5, 0.6) is 0 Å². The second-order valence-corrected chi connectivity index (χ2v) is 1.81. The molecule has 1 aromatic heterocycles. The van der Waals surface area contributed by atoms with E-state index in [0.717, 1.165) is 0 Å². The largest absolute Gasteiger partial charge is 0.465 e. The van der Waals surface area contributed by atoms with E-state index in [0.29, 0.717) is 0 Å². The van der Waals surface area contributed by atoms with E-state index < -0.39 is 6.09 Å². The minimum atomic E-state index is -1.22. The molecule has 0 bridgehead atoms. The monoisotopic (exact) mass is 164 g/mol. The summed E-state index contributed by atoms with van der Waals surface area (Å²) in [5.41, 5.74) is 0. The lowest BCUT2D eigenvalue weighted by atomic mass is 10.5. The van der Waals surface area contributed by atoms with Gasteiger partial charge in [0.1, 0.15) is 11.9 Å². The highest BCUT2D eigenvalue weighted by atomic mass is 16.4. The average Bonchev–Trinajstić information content (AvgIpc) is 2.03. The molecule has 1 heterocycles. The summed E-state index contributed by atoms with van der Waals surface area (Å²) in [7, 11) is 0. The molecule has 0 aliphatic rings. The summed E-state index contributed by atoms with van der Waals surface area (Å²) in [6.07, 6.45) is 0.0780. The van der Waals surface area contributed by atoms with Crippen molar-refractivity contribution >= 4 is 11.9 Å².